The lowest BCUT2D eigenvalue weighted by Crippen LogP contribution is -2.15. The Morgan fingerprint density at radius 1 is 0.833 bits per heavy atom. The lowest BCUT2D eigenvalue weighted by Gasteiger charge is -2.19. The summed E-state index contributed by atoms with van der Waals surface area (Å²) in [6.07, 6.45) is -10.1. The highest BCUT2D eigenvalue weighted by molar-refractivity contribution is 5.71. The average Bonchev–Trinajstić information content (AvgIpc) is 2.71. The minimum atomic E-state index is -5.02. The number of aliphatic hydroxyl groups excluding tert-OH is 1. The molecule has 1 heterocycles. The van der Waals surface area contributed by atoms with Gasteiger partial charge in [0.15, 0.2) is 0 Å². The van der Waals surface area contributed by atoms with Crippen molar-refractivity contribution in [1.29, 1.82) is 0 Å². The van der Waals surface area contributed by atoms with Crippen LogP contribution in [0.25, 0.3) is 11.3 Å². The minimum Gasteiger partial charge on any atom is -0.387 e. The molecule has 0 saturated heterocycles. The lowest BCUT2D eigenvalue weighted by atomic mass is 9.97. The highest BCUT2D eigenvalue weighted by atomic mass is 19.4. The van der Waals surface area contributed by atoms with E-state index in [-0.39, 0.29) is 12.4 Å². The molecule has 158 valence electrons. The van der Waals surface area contributed by atoms with Crippen LogP contribution in [0, 0.1) is 0 Å². The summed E-state index contributed by atoms with van der Waals surface area (Å²) in [5, 5.41) is 12.9. The molecule has 2 N–H and O–H groups in total. The maximum atomic E-state index is 13.4. The van der Waals surface area contributed by atoms with Crippen molar-refractivity contribution in [3.8, 4) is 11.3 Å². The second-order valence-electron chi connectivity index (χ2n) is 6.32. The minimum absolute atomic E-state index is 0.0277. The van der Waals surface area contributed by atoms with Gasteiger partial charge >= 0.3 is 12.4 Å². The van der Waals surface area contributed by atoms with Gasteiger partial charge in [-0.3, -0.25) is 0 Å². The van der Waals surface area contributed by atoms with Crippen LogP contribution in [0.5, 0.6) is 0 Å². The summed E-state index contributed by atoms with van der Waals surface area (Å²) in [5.41, 5.74) is -3.94. The smallest absolute Gasteiger partial charge is 0.387 e. The van der Waals surface area contributed by atoms with Gasteiger partial charge in [-0.1, -0.05) is 36.4 Å². The molecule has 0 aliphatic heterocycles. The molecule has 1 atom stereocenters. The second kappa shape index (κ2) is 8.31. The maximum absolute atomic E-state index is 13.4. The quantitative estimate of drug-likeness (QED) is 0.541. The molecule has 30 heavy (non-hydrogen) atoms. The normalized spacial score (nSPS) is 13.2. The van der Waals surface area contributed by atoms with Gasteiger partial charge in [-0.15, -0.1) is 0 Å². The van der Waals surface area contributed by atoms with Gasteiger partial charge in [0.25, 0.3) is 0 Å². The molecule has 0 amide bonds. The molecule has 0 radical (unpaired) electrons. The molecule has 0 aliphatic carbocycles. The number of anilines is 1. The number of benzene rings is 2. The zero-order chi connectivity index (χ0) is 21.9. The van der Waals surface area contributed by atoms with Crippen LogP contribution in [-0.2, 0) is 12.4 Å². The highest BCUT2D eigenvalue weighted by Crippen LogP contribution is 2.44. The summed E-state index contributed by atoms with van der Waals surface area (Å²) in [5.74, 6) is -0.0277. The van der Waals surface area contributed by atoms with Crippen molar-refractivity contribution in [2.24, 2.45) is 0 Å². The van der Waals surface area contributed by atoms with E-state index >= 15 is 0 Å². The van der Waals surface area contributed by atoms with Crippen LogP contribution in [0.3, 0.4) is 0 Å². The van der Waals surface area contributed by atoms with Gasteiger partial charge in [0.2, 0.25) is 0 Å². The topological polar surface area (TPSA) is 58.0 Å². The highest BCUT2D eigenvalue weighted by Gasteiger charge is 2.41. The number of rotatable bonds is 5. The Labute approximate surface area is 167 Å². The Balaban J connectivity index is 1.96. The first kappa shape index (κ1) is 21.6. The SMILES string of the molecule is OC(CNc1cc(-c2c(C(F)(F)F)cccc2C(F)(F)F)ncn1)c1ccccc1. The van der Waals surface area contributed by atoms with Gasteiger partial charge in [-0.25, -0.2) is 9.97 Å². The van der Waals surface area contributed by atoms with Crippen LogP contribution in [-0.4, -0.2) is 21.6 Å². The Kier molecular flexibility index (Phi) is 5.97. The summed E-state index contributed by atoms with van der Waals surface area (Å²) in [6, 6.07) is 11.4. The molecule has 1 unspecified atom stereocenters. The number of hydrogen-bond acceptors (Lipinski definition) is 4. The molecular weight excluding hydrogens is 412 g/mol. The van der Waals surface area contributed by atoms with Gasteiger partial charge < -0.3 is 10.4 Å². The fourth-order valence-electron chi connectivity index (χ4n) is 2.89. The average molecular weight is 427 g/mol. The van der Waals surface area contributed by atoms with Crippen molar-refractivity contribution < 1.29 is 31.4 Å². The van der Waals surface area contributed by atoms with Gasteiger partial charge in [-0.2, -0.15) is 26.3 Å². The van der Waals surface area contributed by atoms with Crippen molar-refractivity contribution in [2.45, 2.75) is 18.5 Å². The van der Waals surface area contributed by atoms with E-state index in [1.807, 2.05) is 0 Å². The number of hydrogen-bond donors (Lipinski definition) is 2. The van der Waals surface area contributed by atoms with Crippen LogP contribution in [0.15, 0.2) is 60.9 Å². The third kappa shape index (κ3) is 4.88. The van der Waals surface area contributed by atoms with Crippen molar-refractivity contribution in [2.75, 3.05) is 11.9 Å². The zero-order valence-electron chi connectivity index (χ0n) is 15.2. The number of nitrogens with one attached hydrogen (secondary N) is 1. The van der Waals surface area contributed by atoms with Crippen LogP contribution in [0.1, 0.15) is 22.8 Å². The predicted octanol–water partition coefficient (Wildman–Crippen LogP) is 5.33. The molecule has 4 nitrogen and oxygen atoms in total. The van der Waals surface area contributed by atoms with Crippen molar-refractivity contribution >= 4 is 5.82 Å². The number of aromatic nitrogens is 2. The molecule has 10 heteroatoms. The summed E-state index contributed by atoms with van der Waals surface area (Å²) in [6.45, 7) is -0.0620. The molecule has 3 rings (SSSR count). The molecule has 3 aromatic rings. The van der Waals surface area contributed by atoms with Crippen LogP contribution >= 0.6 is 0 Å². The molecule has 0 fully saturated rings. The molecule has 0 bridgehead atoms. The van der Waals surface area contributed by atoms with E-state index in [1.165, 1.54) is 0 Å². The van der Waals surface area contributed by atoms with Crippen LogP contribution in [0.2, 0.25) is 0 Å². The molecule has 2 aromatic carbocycles. The fourth-order valence-corrected chi connectivity index (χ4v) is 2.89. The molecule has 0 aliphatic rings. The molecule has 0 spiro atoms. The number of alkyl halides is 6. The molecular formula is C20H15F6N3O. The number of nitrogens with zero attached hydrogens (tertiary/aromatic N) is 2. The monoisotopic (exact) mass is 427 g/mol. The van der Waals surface area contributed by atoms with Crippen LogP contribution in [0.4, 0.5) is 32.2 Å². The van der Waals surface area contributed by atoms with E-state index in [1.54, 1.807) is 30.3 Å². The summed E-state index contributed by atoms with van der Waals surface area (Å²) >= 11 is 0. The standard InChI is InChI=1S/C20H15F6N3O/c21-19(22,23)13-7-4-8-14(20(24,25)26)18(13)15-9-17(29-11-28-15)27-10-16(30)12-5-2-1-3-6-12/h1-9,11,16,30H,10H2,(H,27,28,29). The number of aliphatic hydroxyl groups is 1. The third-order valence-corrected chi connectivity index (χ3v) is 4.26. The van der Waals surface area contributed by atoms with E-state index in [0.717, 1.165) is 12.4 Å². The summed E-state index contributed by atoms with van der Waals surface area (Å²) in [7, 11) is 0. The van der Waals surface area contributed by atoms with Crippen LogP contribution < -0.4 is 5.32 Å². The summed E-state index contributed by atoms with van der Waals surface area (Å²) < 4.78 is 80.3. The first-order chi connectivity index (χ1) is 14.1. The predicted molar refractivity (Wildman–Crippen MR) is 97.4 cm³/mol. The zero-order valence-corrected chi connectivity index (χ0v) is 15.2. The Morgan fingerprint density at radius 3 is 2.00 bits per heavy atom. The Hall–Kier alpha value is -3.14. The fraction of sp³-hybridized carbons (Fsp3) is 0.200. The lowest BCUT2D eigenvalue weighted by molar-refractivity contribution is -0.142. The first-order valence-corrected chi connectivity index (χ1v) is 8.64. The Morgan fingerprint density at radius 2 is 1.43 bits per heavy atom. The van der Waals surface area contributed by atoms with Gasteiger partial charge in [0.1, 0.15) is 12.1 Å². The molecule has 1 aromatic heterocycles. The van der Waals surface area contributed by atoms with E-state index in [2.05, 4.69) is 15.3 Å². The summed E-state index contributed by atoms with van der Waals surface area (Å²) in [4.78, 5) is 7.45. The van der Waals surface area contributed by atoms with Gasteiger partial charge in [0.05, 0.1) is 22.9 Å². The molecule has 0 saturated carbocycles. The van der Waals surface area contributed by atoms with Gasteiger partial charge in [0, 0.05) is 18.2 Å². The van der Waals surface area contributed by atoms with E-state index in [9.17, 15) is 31.4 Å². The maximum Gasteiger partial charge on any atom is 0.417 e. The number of halogens is 6. The van der Waals surface area contributed by atoms with Crippen molar-refractivity contribution in [1.82, 2.24) is 9.97 Å². The van der Waals surface area contributed by atoms with E-state index in [4.69, 9.17) is 0 Å². The largest absolute Gasteiger partial charge is 0.417 e. The second-order valence-corrected chi connectivity index (χ2v) is 6.32. The van der Waals surface area contributed by atoms with Crippen molar-refractivity contribution in [3.63, 3.8) is 0 Å². The Bertz CT molecular complexity index is 973. The first-order valence-electron chi connectivity index (χ1n) is 8.64. The van der Waals surface area contributed by atoms with Gasteiger partial charge in [-0.05, 0) is 17.7 Å². The third-order valence-electron chi connectivity index (χ3n) is 4.26. The van der Waals surface area contributed by atoms with Crippen molar-refractivity contribution in [3.05, 3.63) is 77.6 Å². The van der Waals surface area contributed by atoms with E-state index in [0.29, 0.717) is 23.8 Å². The van der Waals surface area contributed by atoms with E-state index < -0.39 is 40.8 Å².